The van der Waals surface area contributed by atoms with Crippen molar-refractivity contribution >= 4 is 40.0 Å². The Morgan fingerprint density at radius 3 is 2.52 bits per heavy atom. The van der Waals surface area contributed by atoms with Crippen molar-refractivity contribution in [3.63, 3.8) is 0 Å². The Balaban J connectivity index is 1.89. The van der Waals surface area contributed by atoms with Crippen molar-refractivity contribution in [3.8, 4) is 28.2 Å². The van der Waals surface area contributed by atoms with Crippen LogP contribution in [-0.4, -0.2) is 24.6 Å². The molecule has 5 nitrogen and oxygen atoms in total. The summed E-state index contributed by atoms with van der Waals surface area (Å²) in [6.45, 7) is 0.533. The molecule has 0 bridgehead atoms. The molecule has 7 heteroatoms. The predicted octanol–water partition coefficient (Wildman–Crippen LogP) is 6.19. The van der Waals surface area contributed by atoms with Crippen LogP contribution in [0.1, 0.15) is 23.2 Å². The fourth-order valence-corrected chi connectivity index (χ4v) is 3.88. The molecule has 1 N–H and O–H groups in total. The third kappa shape index (κ3) is 4.17. The highest BCUT2D eigenvalue weighted by Crippen LogP contribution is 2.43. The van der Waals surface area contributed by atoms with Gasteiger partial charge in [-0.2, -0.15) is 0 Å². The highest BCUT2D eigenvalue weighted by Gasteiger charge is 2.20. The van der Waals surface area contributed by atoms with Gasteiger partial charge in [0.1, 0.15) is 17.1 Å². The minimum Gasteiger partial charge on any atom is -0.506 e. The van der Waals surface area contributed by atoms with Crippen LogP contribution >= 0.6 is 23.2 Å². The van der Waals surface area contributed by atoms with E-state index in [-0.39, 0.29) is 27.0 Å². The van der Waals surface area contributed by atoms with Gasteiger partial charge < -0.3 is 14.3 Å². The van der Waals surface area contributed by atoms with E-state index in [0.717, 1.165) is 11.1 Å². The minimum absolute atomic E-state index is 0.0355. The van der Waals surface area contributed by atoms with Gasteiger partial charge in [0.2, 0.25) is 5.43 Å². The molecule has 0 fully saturated rings. The Hall–Kier alpha value is -2.86. The summed E-state index contributed by atoms with van der Waals surface area (Å²) in [5.41, 5.74) is 2.75. The molecule has 0 spiro atoms. The molecule has 0 atom stereocenters. The van der Waals surface area contributed by atoms with Crippen LogP contribution in [0.15, 0.2) is 57.7 Å². The maximum atomic E-state index is 12.4. The maximum absolute atomic E-state index is 12.4. The van der Waals surface area contributed by atoms with Crippen LogP contribution in [0.3, 0.4) is 0 Å². The van der Waals surface area contributed by atoms with Gasteiger partial charge >= 0.3 is 0 Å². The Kier molecular flexibility index (Phi) is 6.01. The molecule has 0 aromatic heterocycles. The van der Waals surface area contributed by atoms with E-state index in [1.54, 1.807) is 31.4 Å². The molecule has 1 heterocycles. The van der Waals surface area contributed by atoms with E-state index in [0.29, 0.717) is 47.3 Å². The Labute approximate surface area is 188 Å². The molecule has 2 aromatic carbocycles. The number of hydrogen-bond acceptors (Lipinski definition) is 5. The fourth-order valence-electron chi connectivity index (χ4n) is 3.56. The molecule has 0 saturated carbocycles. The number of carbonyl (C=O) groups is 1. The van der Waals surface area contributed by atoms with Gasteiger partial charge in [0.05, 0.1) is 10.0 Å². The molecular formula is C24H18Cl2O5. The number of hydrogen-bond donors (Lipinski definition) is 1. The first-order chi connectivity index (χ1) is 14.9. The molecular weight excluding hydrogens is 439 g/mol. The number of phenols is 1. The summed E-state index contributed by atoms with van der Waals surface area (Å²) in [4.78, 5) is 24.4. The van der Waals surface area contributed by atoms with Crippen molar-refractivity contribution in [1.82, 2.24) is 0 Å². The number of phenolic OH excluding ortho intramolecular Hbond substituents is 1. The van der Waals surface area contributed by atoms with Gasteiger partial charge in [0.25, 0.3) is 0 Å². The van der Waals surface area contributed by atoms with E-state index in [1.165, 1.54) is 12.1 Å². The number of Topliss-reactive ketones (excluding diaryl/α,β-unsaturated/α-hetero) is 1. The summed E-state index contributed by atoms with van der Waals surface area (Å²) >= 11 is 12.3. The second kappa shape index (κ2) is 8.71. The van der Waals surface area contributed by atoms with E-state index in [9.17, 15) is 14.7 Å². The van der Waals surface area contributed by atoms with Crippen LogP contribution < -0.4 is 5.43 Å². The third-order valence-electron chi connectivity index (χ3n) is 5.09. The largest absolute Gasteiger partial charge is 0.506 e. The molecule has 1 aliphatic heterocycles. The number of ether oxygens (including phenoxy) is 1. The average Bonchev–Trinajstić information content (AvgIpc) is 2.75. The van der Waals surface area contributed by atoms with Crippen LogP contribution in [-0.2, 0) is 4.74 Å². The third-order valence-corrected chi connectivity index (χ3v) is 5.69. The molecule has 0 radical (unpaired) electrons. The van der Waals surface area contributed by atoms with Crippen LogP contribution in [0.25, 0.3) is 33.4 Å². The number of halogens is 2. The highest BCUT2D eigenvalue weighted by atomic mass is 35.5. The molecule has 0 unspecified atom stereocenters. The van der Waals surface area contributed by atoms with Crippen molar-refractivity contribution in [1.29, 1.82) is 0 Å². The van der Waals surface area contributed by atoms with Crippen LogP contribution in [0, 0.1) is 0 Å². The minimum atomic E-state index is -0.363. The van der Waals surface area contributed by atoms with Gasteiger partial charge in [-0.05, 0) is 24.1 Å². The Bertz CT molecular complexity index is 1310. The quantitative estimate of drug-likeness (QED) is 0.212. The van der Waals surface area contributed by atoms with Gasteiger partial charge in [-0.25, -0.2) is 0 Å². The Morgan fingerprint density at radius 2 is 1.81 bits per heavy atom. The molecule has 1 aliphatic carbocycles. The topological polar surface area (TPSA) is 76.7 Å². The summed E-state index contributed by atoms with van der Waals surface area (Å²) in [7, 11) is 1.61. The summed E-state index contributed by atoms with van der Waals surface area (Å²) in [5.74, 6) is 0.239. The van der Waals surface area contributed by atoms with Crippen molar-refractivity contribution in [2.75, 3.05) is 13.7 Å². The lowest BCUT2D eigenvalue weighted by atomic mass is 9.92. The normalized spacial score (nSPS) is 11.3. The smallest absolute Gasteiger partial charge is 0.200 e. The monoisotopic (exact) mass is 456 g/mol. The molecule has 0 amide bonds. The van der Waals surface area contributed by atoms with Gasteiger partial charge in [-0.1, -0.05) is 47.5 Å². The van der Waals surface area contributed by atoms with Crippen molar-refractivity contribution in [3.05, 3.63) is 74.4 Å². The fraction of sp³-hybridized carbons (Fsp3) is 0.167. The number of fused-ring (bicyclic) bond motifs is 2. The van der Waals surface area contributed by atoms with Crippen LogP contribution in [0.4, 0.5) is 0 Å². The van der Waals surface area contributed by atoms with E-state index in [2.05, 4.69) is 0 Å². The lowest BCUT2D eigenvalue weighted by Crippen LogP contribution is -2.03. The van der Waals surface area contributed by atoms with Gasteiger partial charge in [-0.3, -0.25) is 9.59 Å². The van der Waals surface area contributed by atoms with E-state index >= 15 is 0 Å². The average molecular weight is 457 g/mol. The van der Waals surface area contributed by atoms with Gasteiger partial charge in [0, 0.05) is 54.3 Å². The first-order valence-corrected chi connectivity index (χ1v) is 10.4. The number of aromatic hydroxyl groups is 1. The van der Waals surface area contributed by atoms with E-state index in [1.807, 2.05) is 12.1 Å². The zero-order chi connectivity index (χ0) is 22.1. The van der Waals surface area contributed by atoms with Crippen LogP contribution in [0.2, 0.25) is 10.0 Å². The van der Waals surface area contributed by atoms with Crippen molar-refractivity contribution in [2.45, 2.75) is 12.8 Å². The number of ketones is 1. The van der Waals surface area contributed by atoms with Crippen LogP contribution in [0.5, 0.6) is 5.75 Å². The number of benzene rings is 3. The molecule has 0 saturated heterocycles. The lowest BCUT2D eigenvalue weighted by Gasteiger charge is -2.16. The molecule has 158 valence electrons. The summed E-state index contributed by atoms with van der Waals surface area (Å²) < 4.78 is 10.9. The molecule has 2 aromatic rings. The summed E-state index contributed by atoms with van der Waals surface area (Å²) in [5, 5.41) is 10.9. The second-order valence-corrected chi connectivity index (χ2v) is 7.97. The van der Waals surface area contributed by atoms with Crippen molar-refractivity contribution in [2.24, 2.45) is 0 Å². The second-order valence-electron chi connectivity index (χ2n) is 7.15. The maximum Gasteiger partial charge on any atom is 0.200 e. The number of carbonyl (C=O) groups excluding carboxylic acids is 1. The van der Waals surface area contributed by atoms with E-state index in [4.69, 9.17) is 32.4 Å². The van der Waals surface area contributed by atoms with Gasteiger partial charge in [-0.15, -0.1) is 0 Å². The predicted molar refractivity (Wildman–Crippen MR) is 122 cm³/mol. The number of rotatable bonds is 6. The van der Waals surface area contributed by atoms with Gasteiger partial charge in [0.15, 0.2) is 5.78 Å². The number of methoxy groups -OCH3 is 1. The first-order valence-electron chi connectivity index (χ1n) is 9.60. The zero-order valence-electron chi connectivity index (χ0n) is 16.6. The van der Waals surface area contributed by atoms with E-state index < -0.39 is 0 Å². The summed E-state index contributed by atoms with van der Waals surface area (Å²) in [6, 6.07) is 13.1. The molecule has 31 heavy (non-hydrogen) atoms. The SMILES string of the molecule is COCCCC(=O)c1ccc(-c2c3cc(Cl)c(=O)cc-3oc3cc(O)c(Cl)cc23)cc1. The summed E-state index contributed by atoms with van der Waals surface area (Å²) in [6.07, 6.45) is 1.06. The lowest BCUT2D eigenvalue weighted by molar-refractivity contribution is 0.0963. The molecule has 4 rings (SSSR count). The Morgan fingerprint density at radius 1 is 1.06 bits per heavy atom. The highest BCUT2D eigenvalue weighted by molar-refractivity contribution is 6.33. The zero-order valence-corrected chi connectivity index (χ0v) is 18.1. The standard InChI is InChI=1S/C24H18Cl2O5/c1-30-8-2-3-19(27)13-4-6-14(7-5-13)24-15-9-17(25)20(28)11-22(15)31-23-12-21(29)18(26)10-16(23)24/h4-7,9-12,28H,2-3,8H2,1H3. The first kappa shape index (κ1) is 21.4. The van der Waals surface area contributed by atoms with Crippen molar-refractivity contribution < 1.29 is 19.1 Å². The molecule has 2 aliphatic rings.